The number of nitrogens with zero attached hydrogens (tertiary/aromatic N) is 3. The molecule has 28 heavy (non-hydrogen) atoms. The van der Waals surface area contributed by atoms with Crippen molar-refractivity contribution >= 4 is 28.1 Å². The molecule has 0 atom stereocenters. The van der Waals surface area contributed by atoms with E-state index in [1.54, 1.807) is 4.52 Å². The maximum Gasteiger partial charge on any atom is 0.224 e. The van der Waals surface area contributed by atoms with Gasteiger partial charge in [-0.3, -0.25) is 4.79 Å². The van der Waals surface area contributed by atoms with Gasteiger partial charge < -0.3 is 5.32 Å². The number of halogens is 2. The lowest BCUT2D eigenvalue weighted by Crippen LogP contribution is -2.15. The highest BCUT2D eigenvalue weighted by molar-refractivity contribution is 5.92. The van der Waals surface area contributed by atoms with Gasteiger partial charge in [-0.15, -0.1) is 0 Å². The molecule has 4 aromatic rings. The maximum absolute atomic E-state index is 13.7. The lowest BCUT2D eigenvalue weighted by molar-refractivity contribution is -0.116. The molecule has 0 bridgehead atoms. The van der Waals surface area contributed by atoms with E-state index >= 15 is 0 Å². The number of nitrogens with one attached hydrogen (secondary N) is 1. The zero-order chi connectivity index (χ0) is 19.8. The fraction of sp³-hybridized carbons (Fsp3) is 0.190. The van der Waals surface area contributed by atoms with E-state index in [-0.39, 0.29) is 12.1 Å². The van der Waals surface area contributed by atoms with Crippen LogP contribution < -0.4 is 5.32 Å². The first-order valence-corrected chi connectivity index (χ1v) is 8.92. The molecule has 4 rings (SSSR count). The van der Waals surface area contributed by atoms with Crippen molar-refractivity contribution in [3.05, 3.63) is 71.1 Å². The highest BCUT2D eigenvalue weighted by Crippen LogP contribution is 2.23. The molecule has 1 amide bonds. The van der Waals surface area contributed by atoms with Gasteiger partial charge in [-0.2, -0.15) is 5.10 Å². The van der Waals surface area contributed by atoms with E-state index in [9.17, 15) is 13.6 Å². The number of rotatable bonds is 4. The summed E-state index contributed by atoms with van der Waals surface area (Å²) in [6.07, 6.45) is 0.533. The molecule has 0 spiro atoms. The van der Waals surface area contributed by atoms with E-state index in [4.69, 9.17) is 0 Å². The van der Waals surface area contributed by atoms with Crippen LogP contribution in [-0.4, -0.2) is 20.5 Å². The molecule has 0 saturated heterocycles. The topological polar surface area (TPSA) is 59.3 Å². The maximum atomic E-state index is 13.7. The van der Waals surface area contributed by atoms with Crippen LogP contribution in [0.15, 0.2) is 42.5 Å². The van der Waals surface area contributed by atoms with Crippen molar-refractivity contribution in [3.8, 4) is 0 Å². The molecule has 0 radical (unpaired) electrons. The van der Waals surface area contributed by atoms with Crippen LogP contribution in [0.25, 0.3) is 16.6 Å². The van der Waals surface area contributed by atoms with Gasteiger partial charge in [-0.1, -0.05) is 12.1 Å². The second kappa shape index (κ2) is 6.99. The van der Waals surface area contributed by atoms with Gasteiger partial charge in [0.05, 0.1) is 11.2 Å². The molecular formula is C21H18F2N4O. The number of hydrogen-bond donors (Lipinski definition) is 1. The molecule has 2 heterocycles. The SMILES string of the molecule is Cc1nc2c3ccccc3nn2c(C)c1CCC(=O)Nc1cc(F)ccc1F. The number of carbonyl (C=O) groups excluding carboxylic acids is 1. The molecule has 142 valence electrons. The average Bonchev–Trinajstić information content (AvgIpc) is 3.03. The summed E-state index contributed by atoms with van der Waals surface area (Å²) in [5.41, 5.74) is 4.11. The van der Waals surface area contributed by atoms with Gasteiger partial charge >= 0.3 is 0 Å². The number of fused-ring (bicyclic) bond motifs is 3. The molecule has 2 aromatic carbocycles. The summed E-state index contributed by atoms with van der Waals surface area (Å²) >= 11 is 0. The highest BCUT2D eigenvalue weighted by atomic mass is 19.1. The molecule has 0 fully saturated rings. The lowest BCUT2D eigenvalue weighted by Gasteiger charge is -2.11. The fourth-order valence-corrected chi connectivity index (χ4v) is 3.38. The normalized spacial score (nSPS) is 11.3. The van der Waals surface area contributed by atoms with Crippen molar-refractivity contribution in [2.24, 2.45) is 0 Å². The van der Waals surface area contributed by atoms with Gasteiger partial charge in [0.2, 0.25) is 5.91 Å². The zero-order valence-corrected chi connectivity index (χ0v) is 15.5. The van der Waals surface area contributed by atoms with Crippen LogP contribution >= 0.6 is 0 Å². The van der Waals surface area contributed by atoms with E-state index in [2.05, 4.69) is 15.4 Å². The Bertz CT molecular complexity index is 1220. The predicted octanol–water partition coefficient (Wildman–Crippen LogP) is 4.35. The third-order valence-corrected chi connectivity index (χ3v) is 4.82. The largest absolute Gasteiger partial charge is 0.324 e. The monoisotopic (exact) mass is 380 g/mol. The van der Waals surface area contributed by atoms with Crippen molar-refractivity contribution in [2.45, 2.75) is 26.7 Å². The third-order valence-electron chi connectivity index (χ3n) is 4.82. The predicted molar refractivity (Wildman–Crippen MR) is 103 cm³/mol. The third kappa shape index (κ3) is 3.19. The molecule has 0 aliphatic rings. The molecule has 0 saturated carbocycles. The quantitative estimate of drug-likeness (QED) is 0.573. The van der Waals surface area contributed by atoms with Crippen LogP contribution in [0.5, 0.6) is 0 Å². The molecule has 1 N–H and O–H groups in total. The van der Waals surface area contributed by atoms with Crippen LogP contribution in [-0.2, 0) is 11.2 Å². The highest BCUT2D eigenvalue weighted by Gasteiger charge is 2.15. The van der Waals surface area contributed by atoms with E-state index < -0.39 is 17.5 Å². The second-order valence-corrected chi connectivity index (χ2v) is 6.69. The smallest absolute Gasteiger partial charge is 0.224 e. The fourth-order valence-electron chi connectivity index (χ4n) is 3.38. The molecule has 0 aliphatic carbocycles. The minimum atomic E-state index is -0.673. The Labute approximate surface area is 160 Å². The van der Waals surface area contributed by atoms with E-state index in [0.717, 1.165) is 51.7 Å². The Morgan fingerprint density at radius 3 is 2.75 bits per heavy atom. The number of anilines is 1. The Morgan fingerprint density at radius 1 is 1.14 bits per heavy atom. The Kier molecular flexibility index (Phi) is 4.50. The van der Waals surface area contributed by atoms with Crippen LogP contribution in [0.3, 0.4) is 0 Å². The van der Waals surface area contributed by atoms with E-state index in [0.29, 0.717) is 6.42 Å². The number of aryl methyl sites for hydroxylation is 2. The summed E-state index contributed by atoms with van der Waals surface area (Å²) in [6.45, 7) is 3.83. The second-order valence-electron chi connectivity index (χ2n) is 6.69. The summed E-state index contributed by atoms with van der Waals surface area (Å²) in [4.78, 5) is 16.9. The van der Waals surface area contributed by atoms with E-state index in [1.807, 2.05) is 38.1 Å². The molecule has 0 aliphatic heterocycles. The van der Waals surface area contributed by atoms with Crippen molar-refractivity contribution < 1.29 is 13.6 Å². The first-order chi connectivity index (χ1) is 13.4. The van der Waals surface area contributed by atoms with Crippen molar-refractivity contribution in [2.75, 3.05) is 5.32 Å². The molecule has 7 heteroatoms. The van der Waals surface area contributed by atoms with Crippen LogP contribution in [0.2, 0.25) is 0 Å². The minimum Gasteiger partial charge on any atom is -0.324 e. The van der Waals surface area contributed by atoms with Gasteiger partial charge in [0.1, 0.15) is 11.6 Å². The van der Waals surface area contributed by atoms with Crippen molar-refractivity contribution in [1.29, 1.82) is 0 Å². The van der Waals surface area contributed by atoms with Crippen molar-refractivity contribution in [1.82, 2.24) is 14.6 Å². The van der Waals surface area contributed by atoms with Gasteiger partial charge in [0.15, 0.2) is 5.65 Å². The summed E-state index contributed by atoms with van der Waals surface area (Å²) in [5.74, 6) is -1.67. The van der Waals surface area contributed by atoms with Crippen LogP contribution in [0.1, 0.15) is 23.4 Å². The molecule has 0 unspecified atom stereocenters. The first kappa shape index (κ1) is 18.0. The summed E-state index contributed by atoms with van der Waals surface area (Å²) in [5, 5.41) is 7.99. The molecule has 2 aromatic heterocycles. The van der Waals surface area contributed by atoms with Gasteiger partial charge in [-0.05, 0) is 50.1 Å². The summed E-state index contributed by atoms with van der Waals surface area (Å²) in [7, 11) is 0. The number of carbonyl (C=O) groups is 1. The lowest BCUT2D eigenvalue weighted by atomic mass is 10.1. The number of amides is 1. The van der Waals surface area contributed by atoms with Gasteiger partial charge in [-0.25, -0.2) is 18.3 Å². The number of aromatic nitrogens is 3. The van der Waals surface area contributed by atoms with Crippen molar-refractivity contribution in [3.63, 3.8) is 0 Å². The number of hydrogen-bond acceptors (Lipinski definition) is 3. The Balaban J connectivity index is 1.58. The zero-order valence-electron chi connectivity index (χ0n) is 15.5. The summed E-state index contributed by atoms with van der Waals surface area (Å²) < 4.78 is 28.7. The average molecular weight is 380 g/mol. The minimum absolute atomic E-state index is 0.117. The number of benzene rings is 2. The molecular weight excluding hydrogens is 362 g/mol. The van der Waals surface area contributed by atoms with Gasteiger partial charge in [0.25, 0.3) is 0 Å². The molecule has 5 nitrogen and oxygen atoms in total. The first-order valence-electron chi connectivity index (χ1n) is 8.92. The Hall–Kier alpha value is -3.35. The van der Waals surface area contributed by atoms with Gasteiger partial charge in [0, 0.05) is 29.3 Å². The standard InChI is InChI=1S/C21H18F2N4O/c1-12-15(8-10-20(28)25-19-11-14(22)7-9-17(19)23)13(2)27-21(24-12)16-5-3-4-6-18(16)26-27/h3-7,9,11H,8,10H2,1-2H3,(H,25,28). The summed E-state index contributed by atoms with van der Waals surface area (Å²) in [6, 6.07) is 10.7. The van der Waals surface area contributed by atoms with Crippen LogP contribution in [0.4, 0.5) is 14.5 Å². The van der Waals surface area contributed by atoms with E-state index in [1.165, 1.54) is 0 Å². The van der Waals surface area contributed by atoms with Crippen LogP contribution in [0, 0.1) is 25.5 Å². The Morgan fingerprint density at radius 2 is 1.93 bits per heavy atom.